The maximum Gasteiger partial charge on any atom is 0.259 e. The van der Waals surface area contributed by atoms with Gasteiger partial charge in [0, 0.05) is 17.9 Å². The van der Waals surface area contributed by atoms with E-state index < -0.39 is 0 Å². The molecule has 0 aliphatic heterocycles. The van der Waals surface area contributed by atoms with Gasteiger partial charge in [0.25, 0.3) is 5.91 Å². The van der Waals surface area contributed by atoms with Gasteiger partial charge in [0.1, 0.15) is 0 Å². The Bertz CT molecular complexity index is 655. The molecule has 2 N–H and O–H groups in total. The molecule has 0 aliphatic carbocycles. The van der Waals surface area contributed by atoms with E-state index >= 15 is 0 Å². The van der Waals surface area contributed by atoms with Crippen LogP contribution >= 0.6 is 11.6 Å². The SMILES string of the molecule is CCCN(C(=O)c1cccc(C)c1Cl)c1cccc(N)c1. The first-order valence-electron chi connectivity index (χ1n) is 6.97. The Hall–Kier alpha value is -2.00. The Morgan fingerprint density at radius 1 is 1.24 bits per heavy atom. The van der Waals surface area contributed by atoms with Crippen molar-refractivity contribution in [3.63, 3.8) is 0 Å². The van der Waals surface area contributed by atoms with Crippen molar-refractivity contribution >= 4 is 28.9 Å². The van der Waals surface area contributed by atoms with Gasteiger partial charge in [-0.15, -0.1) is 0 Å². The van der Waals surface area contributed by atoms with Crippen LogP contribution < -0.4 is 10.6 Å². The molecule has 0 saturated carbocycles. The number of carbonyl (C=O) groups excluding carboxylic acids is 1. The number of carbonyl (C=O) groups is 1. The van der Waals surface area contributed by atoms with Crippen LogP contribution in [0, 0.1) is 6.92 Å². The minimum atomic E-state index is -0.101. The lowest BCUT2D eigenvalue weighted by Gasteiger charge is -2.23. The molecule has 0 spiro atoms. The number of hydrogen-bond acceptors (Lipinski definition) is 2. The monoisotopic (exact) mass is 302 g/mol. The van der Waals surface area contributed by atoms with E-state index in [0.717, 1.165) is 17.7 Å². The molecule has 0 bridgehead atoms. The lowest BCUT2D eigenvalue weighted by molar-refractivity contribution is 0.0987. The Balaban J connectivity index is 2.42. The number of hydrogen-bond donors (Lipinski definition) is 1. The molecular weight excluding hydrogens is 284 g/mol. The van der Waals surface area contributed by atoms with Crippen molar-refractivity contribution in [2.45, 2.75) is 20.3 Å². The van der Waals surface area contributed by atoms with Gasteiger partial charge in [-0.05, 0) is 43.2 Å². The molecule has 0 aliphatic rings. The van der Waals surface area contributed by atoms with Crippen molar-refractivity contribution in [1.82, 2.24) is 0 Å². The molecule has 2 aromatic rings. The Kier molecular flexibility index (Phi) is 4.86. The van der Waals surface area contributed by atoms with Crippen molar-refractivity contribution in [2.75, 3.05) is 17.2 Å². The lowest BCUT2D eigenvalue weighted by atomic mass is 10.1. The van der Waals surface area contributed by atoms with E-state index in [0.29, 0.717) is 22.8 Å². The number of halogens is 1. The number of nitrogens with zero attached hydrogens (tertiary/aromatic N) is 1. The van der Waals surface area contributed by atoms with Crippen LogP contribution in [0.15, 0.2) is 42.5 Å². The minimum absolute atomic E-state index is 0.101. The van der Waals surface area contributed by atoms with Crippen molar-refractivity contribution < 1.29 is 4.79 Å². The highest BCUT2D eigenvalue weighted by atomic mass is 35.5. The van der Waals surface area contributed by atoms with E-state index in [1.165, 1.54) is 0 Å². The van der Waals surface area contributed by atoms with Gasteiger partial charge in [0.15, 0.2) is 0 Å². The average Bonchev–Trinajstić information content (AvgIpc) is 2.47. The topological polar surface area (TPSA) is 46.3 Å². The molecule has 0 saturated heterocycles. The molecule has 110 valence electrons. The molecule has 0 fully saturated rings. The van der Waals surface area contributed by atoms with Gasteiger partial charge >= 0.3 is 0 Å². The second kappa shape index (κ2) is 6.64. The summed E-state index contributed by atoms with van der Waals surface area (Å²) in [5.74, 6) is -0.101. The number of amides is 1. The fourth-order valence-corrected chi connectivity index (χ4v) is 2.43. The third-order valence-corrected chi connectivity index (χ3v) is 3.80. The van der Waals surface area contributed by atoms with E-state index in [1.807, 2.05) is 38.1 Å². The summed E-state index contributed by atoms with van der Waals surface area (Å²) >= 11 is 6.28. The maximum absolute atomic E-state index is 12.8. The summed E-state index contributed by atoms with van der Waals surface area (Å²) < 4.78 is 0. The highest BCUT2D eigenvalue weighted by Crippen LogP contribution is 2.25. The second-order valence-corrected chi connectivity index (χ2v) is 5.37. The van der Waals surface area contributed by atoms with Gasteiger partial charge < -0.3 is 10.6 Å². The average molecular weight is 303 g/mol. The number of nitrogen functional groups attached to an aromatic ring is 1. The highest BCUT2D eigenvalue weighted by Gasteiger charge is 2.20. The van der Waals surface area contributed by atoms with Crippen LogP contribution in [0.4, 0.5) is 11.4 Å². The lowest BCUT2D eigenvalue weighted by Crippen LogP contribution is -2.32. The molecule has 3 nitrogen and oxygen atoms in total. The van der Waals surface area contributed by atoms with E-state index in [9.17, 15) is 4.79 Å². The number of nitrogens with two attached hydrogens (primary N) is 1. The summed E-state index contributed by atoms with van der Waals surface area (Å²) in [6, 6.07) is 12.8. The summed E-state index contributed by atoms with van der Waals surface area (Å²) in [5, 5.41) is 0.507. The Morgan fingerprint density at radius 2 is 1.95 bits per heavy atom. The molecule has 0 heterocycles. The van der Waals surface area contributed by atoms with Crippen LogP contribution in [0.2, 0.25) is 5.02 Å². The van der Waals surface area contributed by atoms with Crippen molar-refractivity contribution in [1.29, 1.82) is 0 Å². The van der Waals surface area contributed by atoms with Gasteiger partial charge in [-0.2, -0.15) is 0 Å². The molecule has 0 atom stereocenters. The quantitative estimate of drug-likeness (QED) is 0.857. The zero-order valence-electron chi connectivity index (χ0n) is 12.3. The first-order chi connectivity index (χ1) is 10.0. The predicted molar refractivity (Wildman–Crippen MR) is 89.0 cm³/mol. The summed E-state index contributed by atoms with van der Waals surface area (Å²) in [6.45, 7) is 4.54. The molecular formula is C17H19ClN2O. The zero-order chi connectivity index (χ0) is 15.4. The number of aryl methyl sites for hydroxylation is 1. The largest absolute Gasteiger partial charge is 0.399 e. The van der Waals surface area contributed by atoms with Crippen LogP contribution in [0.3, 0.4) is 0 Å². The summed E-state index contributed by atoms with van der Waals surface area (Å²) in [6.07, 6.45) is 0.851. The van der Waals surface area contributed by atoms with Crippen LogP contribution in [0.1, 0.15) is 29.3 Å². The van der Waals surface area contributed by atoms with Gasteiger partial charge in [-0.3, -0.25) is 4.79 Å². The molecule has 21 heavy (non-hydrogen) atoms. The van der Waals surface area contributed by atoms with Crippen molar-refractivity contribution in [3.05, 3.63) is 58.6 Å². The van der Waals surface area contributed by atoms with Crippen LogP contribution in [-0.4, -0.2) is 12.5 Å². The summed E-state index contributed by atoms with van der Waals surface area (Å²) in [5.41, 5.74) is 8.66. The standard InChI is InChI=1S/C17H19ClN2O/c1-3-10-20(14-8-5-7-13(19)11-14)17(21)15-9-4-6-12(2)16(15)18/h4-9,11H,3,10,19H2,1-2H3. The molecule has 1 amide bonds. The van der Waals surface area contributed by atoms with E-state index in [-0.39, 0.29) is 5.91 Å². The highest BCUT2D eigenvalue weighted by molar-refractivity contribution is 6.35. The number of benzene rings is 2. The molecule has 0 radical (unpaired) electrons. The van der Waals surface area contributed by atoms with Crippen LogP contribution in [0.5, 0.6) is 0 Å². The third kappa shape index (κ3) is 3.37. The normalized spacial score (nSPS) is 10.4. The number of anilines is 2. The van der Waals surface area contributed by atoms with E-state index in [2.05, 4.69) is 0 Å². The van der Waals surface area contributed by atoms with E-state index in [4.69, 9.17) is 17.3 Å². The van der Waals surface area contributed by atoms with Crippen molar-refractivity contribution in [3.8, 4) is 0 Å². The summed E-state index contributed by atoms with van der Waals surface area (Å²) in [7, 11) is 0. The van der Waals surface area contributed by atoms with Crippen LogP contribution in [0.25, 0.3) is 0 Å². The fraction of sp³-hybridized carbons (Fsp3) is 0.235. The zero-order valence-corrected chi connectivity index (χ0v) is 13.0. The van der Waals surface area contributed by atoms with Crippen LogP contribution in [-0.2, 0) is 0 Å². The first-order valence-corrected chi connectivity index (χ1v) is 7.35. The molecule has 0 aromatic heterocycles. The van der Waals surface area contributed by atoms with Gasteiger partial charge in [0.05, 0.1) is 10.6 Å². The Labute approximate surface area is 130 Å². The van der Waals surface area contributed by atoms with E-state index in [1.54, 1.807) is 23.1 Å². The molecule has 4 heteroatoms. The summed E-state index contributed by atoms with van der Waals surface area (Å²) in [4.78, 5) is 14.5. The Morgan fingerprint density at radius 3 is 2.62 bits per heavy atom. The molecule has 2 rings (SSSR count). The van der Waals surface area contributed by atoms with Gasteiger partial charge in [-0.25, -0.2) is 0 Å². The minimum Gasteiger partial charge on any atom is -0.399 e. The van der Waals surface area contributed by atoms with Gasteiger partial charge in [0.2, 0.25) is 0 Å². The van der Waals surface area contributed by atoms with Gasteiger partial charge in [-0.1, -0.05) is 36.7 Å². The molecule has 0 unspecified atom stereocenters. The number of rotatable bonds is 4. The predicted octanol–water partition coefficient (Wildman–Crippen LogP) is 4.29. The fourth-order valence-electron chi connectivity index (χ4n) is 2.22. The second-order valence-electron chi connectivity index (χ2n) is 4.99. The first kappa shape index (κ1) is 15.4. The maximum atomic E-state index is 12.8. The molecule has 2 aromatic carbocycles. The smallest absolute Gasteiger partial charge is 0.259 e. The van der Waals surface area contributed by atoms with Crippen molar-refractivity contribution in [2.24, 2.45) is 0 Å². The third-order valence-electron chi connectivity index (χ3n) is 3.30.